The van der Waals surface area contributed by atoms with E-state index in [2.05, 4.69) is 5.32 Å². The van der Waals surface area contributed by atoms with E-state index in [1.54, 1.807) is 6.92 Å². The highest BCUT2D eigenvalue weighted by atomic mass is 16.6. The average molecular weight is 215 g/mol. The lowest BCUT2D eigenvalue weighted by molar-refractivity contribution is -0.160. The molecule has 0 unspecified atom stereocenters. The Hall–Kier alpha value is -0.610. The zero-order valence-corrected chi connectivity index (χ0v) is 9.91. The number of aliphatic hydroxyl groups excluding tert-OH is 1. The van der Waals surface area contributed by atoms with E-state index in [-0.39, 0.29) is 5.97 Å². The van der Waals surface area contributed by atoms with Crippen molar-refractivity contribution in [2.45, 2.75) is 64.3 Å². The predicted octanol–water partition coefficient (Wildman–Crippen LogP) is 0.829. The van der Waals surface area contributed by atoms with E-state index < -0.39 is 17.7 Å². The Morgan fingerprint density at radius 2 is 2.00 bits per heavy atom. The molecule has 0 aromatic rings. The van der Waals surface area contributed by atoms with Gasteiger partial charge in [-0.3, -0.25) is 10.1 Å². The maximum atomic E-state index is 11.7. The molecule has 0 radical (unpaired) electrons. The molecular weight excluding hydrogens is 194 g/mol. The standard InChI is InChI=1S/C11H21NO3/c1-7(13)9(12-8-5-6-8)10(14)15-11(2,3)4/h7-9,12-13H,5-6H2,1-4H3/t7-,9+/m1/s1. The van der Waals surface area contributed by atoms with E-state index in [4.69, 9.17) is 4.74 Å². The first-order chi connectivity index (χ1) is 6.79. The second-order valence-corrected chi connectivity index (χ2v) is 5.19. The van der Waals surface area contributed by atoms with Crippen LogP contribution in [0.15, 0.2) is 0 Å². The van der Waals surface area contributed by atoms with Crippen LogP contribution < -0.4 is 5.32 Å². The van der Waals surface area contributed by atoms with Crippen molar-refractivity contribution in [1.82, 2.24) is 5.32 Å². The number of nitrogens with one attached hydrogen (secondary N) is 1. The van der Waals surface area contributed by atoms with Gasteiger partial charge >= 0.3 is 5.97 Å². The summed E-state index contributed by atoms with van der Waals surface area (Å²) in [5.41, 5.74) is -0.505. The van der Waals surface area contributed by atoms with Gasteiger partial charge < -0.3 is 9.84 Å². The molecule has 0 aromatic heterocycles. The van der Waals surface area contributed by atoms with Crippen molar-refractivity contribution in [3.8, 4) is 0 Å². The zero-order chi connectivity index (χ0) is 11.6. The number of aliphatic hydroxyl groups is 1. The topological polar surface area (TPSA) is 58.6 Å². The van der Waals surface area contributed by atoms with E-state index >= 15 is 0 Å². The van der Waals surface area contributed by atoms with Gasteiger partial charge in [0.15, 0.2) is 0 Å². The molecule has 1 fully saturated rings. The fraction of sp³-hybridized carbons (Fsp3) is 0.909. The lowest BCUT2D eigenvalue weighted by atomic mass is 10.1. The summed E-state index contributed by atoms with van der Waals surface area (Å²) >= 11 is 0. The van der Waals surface area contributed by atoms with Gasteiger partial charge in [-0.15, -0.1) is 0 Å². The predicted molar refractivity (Wildman–Crippen MR) is 57.5 cm³/mol. The van der Waals surface area contributed by atoms with Gasteiger partial charge in [-0.25, -0.2) is 0 Å². The molecule has 4 nitrogen and oxygen atoms in total. The van der Waals surface area contributed by atoms with Crippen LogP contribution in [0.5, 0.6) is 0 Å². The third-order valence-electron chi connectivity index (χ3n) is 2.14. The van der Waals surface area contributed by atoms with Crippen LogP contribution in [0, 0.1) is 0 Å². The summed E-state index contributed by atoms with van der Waals surface area (Å²) in [5, 5.41) is 12.6. The molecular formula is C11H21NO3. The number of carbonyl (C=O) groups is 1. The Bertz CT molecular complexity index is 228. The molecule has 1 rings (SSSR count). The molecule has 1 aliphatic carbocycles. The van der Waals surface area contributed by atoms with Crippen LogP contribution >= 0.6 is 0 Å². The molecule has 88 valence electrons. The molecule has 0 aliphatic heterocycles. The Morgan fingerprint density at radius 1 is 1.47 bits per heavy atom. The molecule has 0 aromatic carbocycles. The van der Waals surface area contributed by atoms with E-state index in [9.17, 15) is 9.90 Å². The van der Waals surface area contributed by atoms with Crippen molar-refractivity contribution in [3.63, 3.8) is 0 Å². The Kier molecular flexibility index (Phi) is 3.73. The second-order valence-electron chi connectivity index (χ2n) is 5.19. The number of hydrogen-bond donors (Lipinski definition) is 2. The monoisotopic (exact) mass is 215 g/mol. The lowest BCUT2D eigenvalue weighted by Crippen LogP contribution is -2.48. The first-order valence-corrected chi connectivity index (χ1v) is 5.46. The maximum absolute atomic E-state index is 11.7. The molecule has 4 heteroatoms. The highest BCUT2D eigenvalue weighted by Gasteiger charge is 2.33. The normalized spacial score (nSPS) is 20.9. The number of carbonyl (C=O) groups excluding carboxylic acids is 1. The van der Waals surface area contributed by atoms with Crippen molar-refractivity contribution < 1.29 is 14.6 Å². The largest absolute Gasteiger partial charge is 0.459 e. The van der Waals surface area contributed by atoms with Crippen molar-refractivity contribution in [3.05, 3.63) is 0 Å². The van der Waals surface area contributed by atoms with Crippen LogP contribution in [0.2, 0.25) is 0 Å². The number of ether oxygens (including phenoxy) is 1. The Labute approximate surface area is 91.0 Å². The van der Waals surface area contributed by atoms with Crippen molar-refractivity contribution in [1.29, 1.82) is 0 Å². The SMILES string of the molecule is C[C@@H](O)[C@H](NC1CC1)C(=O)OC(C)(C)C. The average Bonchev–Trinajstić information content (AvgIpc) is 2.78. The number of esters is 1. The summed E-state index contributed by atoms with van der Waals surface area (Å²) in [6.45, 7) is 7.06. The van der Waals surface area contributed by atoms with E-state index in [1.165, 1.54) is 0 Å². The van der Waals surface area contributed by atoms with Gasteiger partial charge in [-0.05, 0) is 40.5 Å². The Balaban J connectivity index is 2.50. The van der Waals surface area contributed by atoms with E-state index in [0.717, 1.165) is 12.8 Å². The first-order valence-electron chi connectivity index (χ1n) is 5.46. The first kappa shape index (κ1) is 12.5. The van der Waals surface area contributed by atoms with Crippen LogP contribution in [-0.4, -0.2) is 34.9 Å². The molecule has 2 N–H and O–H groups in total. The van der Waals surface area contributed by atoms with E-state index in [0.29, 0.717) is 6.04 Å². The minimum absolute atomic E-state index is 0.371. The summed E-state index contributed by atoms with van der Waals surface area (Å²) < 4.78 is 5.23. The van der Waals surface area contributed by atoms with Gasteiger partial charge in [-0.1, -0.05) is 0 Å². The third kappa shape index (κ3) is 4.62. The molecule has 15 heavy (non-hydrogen) atoms. The minimum Gasteiger partial charge on any atom is -0.459 e. The third-order valence-corrected chi connectivity index (χ3v) is 2.14. The summed E-state index contributed by atoms with van der Waals surface area (Å²) in [7, 11) is 0. The van der Waals surface area contributed by atoms with Crippen LogP contribution in [0.3, 0.4) is 0 Å². The minimum atomic E-state index is -0.722. The van der Waals surface area contributed by atoms with Gasteiger partial charge in [0.2, 0.25) is 0 Å². The van der Waals surface area contributed by atoms with Crippen LogP contribution in [-0.2, 0) is 9.53 Å². The van der Waals surface area contributed by atoms with Gasteiger partial charge in [0, 0.05) is 6.04 Å². The number of hydrogen-bond acceptors (Lipinski definition) is 4. The molecule has 0 amide bonds. The lowest BCUT2D eigenvalue weighted by Gasteiger charge is -2.26. The second kappa shape index (κ2) is 4.49. The van der Waals surface area contributed by atoms with Gasteiger partial charge in [0.1, 0.15) is 11.6 Å². The summed E-state index contributed by atoms with van der Waals surface area (Å²) in [5.74, 6) is -0.371. The Morgan fingerprint density at radius 3 is 2.33 bits per heavy atom. The number of rotatable bonds is 4. The molecule has 0 spiro atoms. The molecule has 1 aliphatic rings. The molecule has 1 saturated carbocycles. The summed E-state index contributed by atoms with van der Waals surface area (Å²) in [4.78, 5) is 11.7. The summed E-state index contributed by atoms with van der Waals surface area (Å²) in [6, 6.07) is -0.228. The molecule has 0 bridgehead atoms. The highest BCUT2D eigenvalue weighted by molar-refractivity contribution is 5.77. The van der Waals surface area contributed by atoms with Gasteiger partial charge in [0.25, 0.3) is 0 Å². The fourth-order valence-corrected chi connectivity index (χ4v) is 1.27. The van der Waals surface area contributed by atoms with Gasteiger partial charge in [0.05, 0.1) is 6.10 Å². The molecule has 2 atom stereocenters. The highest BCUT2D eigenvalue weighted by Crippen LogP contribution is 2.21. The van der Waals surface area contributed by atoms with Crippen LogP contribution in [0.1, 0.15) is 40.5 Å². The van der Waals surface area contributed by atoms with Crippen LogP contribution in [0.4, 0.5) is 0 Å². The smallest absolute Gasteiger partial charge is 0.326 e. The quantitative estimate of drug-likeness (QED) is 0.682. The molecule has 0 saturated heterocycles. The zero-order valence-electron chi connectivity index (χ0n) is 9.91. The summed E-state index contributed by atoms with van der Waals surface area (Å²) in [6.07, 6.45) is 1.43. The van der Waals surface area contributed by atoms with Crippen molar-refractivity contribution >= 4 is 5.97 Å². The maximum Gasteiger partial charge on any atom is 0.326 e. The molecule has 0 heterocycles. The van der Waals surface area contributed by atoms with Crippen molar-refractivity contribution in [2.24, 2.45) is 0 Å². The van der Waals surface area contributed by atoms with Crippen LogP contribution in [0.25, 0.3) is 0 Å². The van der Waals surface area contributed by atoms with Gasteiger partial charge in [-0.2, -0.15) is 0 Å². The van der Waals surface area contributed by atoms with E-state index in [1.807, 2.05) is 20.8 Å². The van der Waals surface area contributed by atoms with Crippen molar-refractivity contribution in [2.75, 3.05) is 0 Å². The fourth-order valence-electron chi connectivity index (χ4n) is 1.27.